The number of hydrogen-bond donors (Lipinski definition) is 3. The molecule has 0 radical (unpaired) electrons. The molecule has 0 aromatic rings. The maximum absolute atomic E-state index is 12.2. The summed E-state index contributed by atoms with van der Waals surface area (Å²) < 4.78 is 36.7. The third kappa shape index (κ3) is 4.55. The predicted molar refractivity (Wildman–Crippen MR) is 57.8 cm³/mol. The highest BCUT2D eigenvalue weighted by molar-refractivity contribution is 5.98. The van der Waals surface area contributed by atoms with Gasteiger partial charge < -0.3 is 11.1 Å². The molecule has 0 aliphatic heterocycles. The Labute approximate surface area is 93.4 Å². The van der Waals surface area contributed by atoms with Crippen molar-refractivity contribution >= 4 is 5.71 Å². The molecule has 0 bridgehead atoms. The molecule has 0 aromatic carbocycles. The number of nitrogens with two attached hydrogens (primary N) is 1. The van der Waals surface area contributed by atoms with Crippen LogP contribution in [0.4, 0.5) is 13.2 Å². The van der Waals surface area contributed by atoms with Gasteiger partial charge in [0.05, 0.1) is 11.4 Å². The largest absolute Gasteiger partial charge is 0.482 e. The van der Waals surface area contributed by atoms with E-state index < -0.39 is 12.2 Å². The third-order valence-corrected chi connectivity index (χ3v) is 2.01. The van der Waals surface area contributed by atoms with Gasteiger partial charge in [-0.1, -0.05) is 27.7 Å². The van der Waals surface area contributed by atoms with Crippen molar-refractivity contribution in [2.45, 2.75) is 34.0 Å². The highest BCUT2D eigenvalue weighted by Gasteiger charge is 2.30. The Morgan fingerprint density at radius 3 is 1.81 bits per heavy atom. The summed E-state index contributed by atoms with van der Waals surface area (Å²) in [5.41, 5.74) is 5.31. The maximum atomic E-state index is 12.2. The van der Waals surface area contributed by atoms with Crippen molar-refractivity contribution in [1.29, 1.82) is 5.41 Å². The average molecular weight is 237 g/mol. The van der Waals surface area contributed by atoms with Gasteiger partial charge in [-0.3, -0.25) is 5.32 Å². The number of rotatable bonds is 4. The van der Waals surface area contributed by atoms with E-state index in [1.165, 1.54) is 5.32 Å². The number of hydrogen-bond acceptors (Lipinski definition) is 3. The lowest BCUT2D eigenvalue weighted by Gasteiger charge is -2.21. The van der Waals surface area contributed by atoms with E-state index in [0.29, 0.717) is 0 Å². The first-order valence-electron chi connectivity index (χ1n) is 4.99. The molecule has 0 heterocycles. The van der Waals surface area contributed by atoms with Crippen molar-refractivity contribution < 1.29 is 13.2 Å². The Bertz CT molecular complexity index is 290. The number of halogens is 3. The minimum atomic E-state index is -4.53. The molecule has 0 aliphatic carbocycles. The molecule has 0 unspecified atom stereocenters. The van der Waals surface area contributed by atoms with E-state index in [4.69, 9.17) is 11.1 Å². The molecule has 3 nitrogen and oxygen atoms in total. The molecule has 0 atom stereocenters. The molecule has 0 aliphatic rings. The zero-order valence-corrected chi connectivity index (χ0v) is 9.87. The Morgan fingerprint density at radius 1 is 1.12 bits per heavy atom. The molecule has 0 spiro atoms. The van der Waals surface area contributed by atoms with Crippen LogP contribution >= 0.6 is 0 Å². The third-order valence-electron chi connectivity index (χ3n) is 2.01. The van der Waals surface area contributed by atoms with E-state index in [2.05, 4.69) is 0 Å². The van der Waals surface area contributed by atoms with Crippen LogP contribution in [0.3, 0.4) is 0 Å². The number of nitrogens with one attached hydrogen (secondary N) is 2. The summed E-state index contributed by atoms with van der Waals surface area (Å²) in [5.74, 6) is -0.621. The van der Waals surface area contributed by atoms with E-state index in [1.807, 2.05) is 0 Å². The molecule has 6 heteroatoms. The van der Waals surface area contributed by atoms with Crippen LogP contribution < -0.4 is 11.1 Å². The van der Waals surface area contributed by atoms with Crippen molar-refractivity contribution in [2.75, 3.05) is 0 Å². The van der Waals surface area contributed by atoms with E-state index in [-0.39, 0.29) is 23.0 Å². The van der Waals surface area contributed by atoms with Crippen molar-refractivity contribution in [3.8, 4) is 0 Å². The van der Waals surface area contributed by atoms with Crippen LogP contribution in [0, 0.1) is 17.2 Å². The second kappa shape index (κ2) is 5.23. The van der Waals surface area contributed by atoms with Gasteiger partial charge in [0.2, 0.25) is 0 Å². The minimum Gasteiger partial charge on any atom is -0.396 e. The Balaban J connectivity index is 5.17. The van der Waals surface area contributed by atoms with Crippen LogP contribution in [0.15, 0.2) is 11.4 Å². The molecular weight excluding hydrogens is 219 g/mol. The Morgan fingerprint density at radius 2 is 1.56 bits per heavy atom. The summed E-state index contributed by atoms with van der Waals surface area (Å²) in [7, 11) is 0. The predicted octanol–water partition coefficient (Wildman–Crippen LogP) is 2.60. The van der Waals surface area contributed by atoms with Gasteiger partial charge in [0.1, 0.15) is 0 Å². The zero-order valence-electron chi connectivity index (χ0n) is 9.87. The van der Waals surface area contributed by atoms with Gasteiger partial charge >= 0.3 is 6.30 Å². The van der Waals surface area contributed by atoms with Gasteiger partial charge in [-0.2, -0.15) is 13.2 Å². The molecule has 4 N–H and O–H groups in total. The molecule has 16 heavy (non-hydrogen) atoms. The second-order valence-electron chi connectivity index (χ2n) is 4.17. The van der Waals surface area contributed by atoms with Gasteiger partial charge in [0, 0.05) is 5.70 Å². The fourth-order valence-electron chi connectivity index (χ4n) is 1.13. The minimum absolute atomic E-state index is 0.0143. The fraction of sp³-hybridized carbons (Fsp3) is 0.700. The van der Waals surface area contributed by atoms with Crippen LogP contribution in [-0.4, -0.2) is 12.0 Å². The maximum Gasteiger partial charge on any atom is 0.482 e. The lowest BCUT2D eigenvalue weighted by atomic mass is 10.00. The molecule has 0 saturated heterocycles. The first kappa shape index (κ1) is 14.8. The molecule has 0 rings (SSSR count). The molecule has 0 amide bonds. The van der Waals surface area contributed by atoms with Gasteiger partial charge in [-0.25, -0.2) is 0 Å². The topological polar surface area (TPSA) is 61.9 Å². The summed E-state index contributed by atoms with van der Waals surface area (Å²) >= 11 is 0. The quantitative estimate of drug-likeness (QED) is 0.520. The summed E-state index contributed by atoms with van der Waals surface area (Å²) in [6.07, 6.45) is -4.53. The molecule has 0 aromatic heterocycles. The van der Waals surface area contributed by atoms with Crippen molar-refractivity contribution in [3.63, 3.8) is 0 Å². The molecule has 0 saturated carbocycles. The summed E-state index contributed by atoms with van der Waals surface area (Å²) in [6, 6.07) is 0. The fourth-order valence-corrected chi connectivity index (χ4v) is 1.13. The number of allylic oxidation sites excluding steroid dienone is 2. The standard InChI is InChI=1S/C10H18F3N3/c1-5(2)7(14)8(15)9(6(3)4)16-10(11,12)13/h5-6,14,16H,15H2,1-4H3/b9-8+,14-7?. The molecule has 94 valence electrons. The van der Waals surface area contributed by atoms with Crippen LogP contribution in [-0.2, 0) is 0 Å². The van der Waals surface area contributed by atoms with Crippen LogP contribution in [0.25, 0.3) is 0 Å². The normalized spacial score (nSPS) is 14.1. The molecular formula is C10H18F3N3. The summed E-state index contributed by atoms with van der Waals surface area (Å²) in [5, 5.41) is 9.00. The lowest BCUT2D eigenvalue weighted by Crippen LogP contribution is -2.36. The van der Waals surface area contributed by atoms with Gasteiger partial charge in [0.15, 0.2) is 0 Å². The van der Waals surface area contributed by atoms with Crippen LogP contribution in [0.1, 0.15) is 27.7 Å². The lowest BCUT2D eigenvalue weighted by molar-refractivity contribution is -0.151. The van der Waals surface area contributed by atoms with Crippen LogP contribution in [0.5, 0.6) is 0 Å². The van der Waals surface area contributed by atoms with E-state index in [9.17, 15) is 13.2 Å². The van der Waals surface area contributed by atoms with E-state index >= 15 is 0 Å². The zero-order chi connectivity index (χ0) is 13.1. The first-order chi connectivity index (χ1) is 7.06. The van der Waals surface area contributed by atoms with E-state index in [1.54, 1.807) is 27.7 Å². The van der Waals surface area contributed by atoms with Gasteiger partial charge in [-0.15, -0.1) is 0 Å². The molecule has 0 fully saturated rings. The number of alkyl halides is 3. The summed E-state index contributed by atoms with van der Waals surface area (Å²) in [6.45, 7) is 6.60. The van der Waals surface area contributed by atoms with Crippen molar-refractivity contribution in [2.24, 2.45) is 17.6 Å². The average Bonchev–Trinajstić information content (AvgIpc) is 2.09. The van der Waals surface area contributed by atoms with Crippen molar-refractivity contribution in [3.05, 3.63) is 11.4 Å². The highest BCUT2D eigenvalue weighted by Crippen LogP contribution is 2.19. The summed E-state index contributed by atoms with van der Waals surface area (Å²) in [4.78, 5) is 0. The highest BCUT2D eigenvalue weighted by atomic mass is 19.4. The van der Waals surface area contributed by atoms with Gasteiger partial charge in [-0.05, 0) is 11.8 Å². The second-order valence-corrected chi connectivity index (χ2v) is 4.17. The Hall–Kier alpha value is -1.20. The SMILES string of the molecule is CC(C)C(=N)/C(N)=C(\NC(F)(F)F)C(C)C. The Kier molecular flexibility index (Phi) is 4.83. The smallest absolute Gasteiger partial charge is 0.396 e. The van der Waals surface area contributed by atoms with Crippen LogP contribution in [0.2, 0.25) is 0 Å². The van der Waals surface area contributed by atoms with Crippen molar-refractivity contribution in [1.82, 2.24) is 5.32 Å². The first-order valence-corrected chi connectivity index (χ1v) is 4.99. The van der Waals surface area contributed by atoms with E-state index in [0.717, 1.165) is 0 Å². The monoisotopic (exact) mass is 237 g/mol. The van der Waals surface area contributed by atoms with Gasteiger partial charge in [0.25, 0.3) is 0 Å².